The molecule has 148 valence electrons. The molecule has 1 aliphatic heterocycles. The Kier molecular flexibility index (Phi) is 7.35. The number of nitrogens with zero attached hydrogens (tertiary/aromatic N) is 2. The first-order valence-electron chi connectivity index (χ1n) is 8.83. The number of ether oxygens (including phenoxy) is 1. The molecule has 0 bridgehead atoms. The summed E-state index contributed by atoms with van der Waals surface area (Å²) in [5.41, 5.74) is 1.93. The fraction of sp³-hybridized carbons (Fsp3) is 0.474. The molecule has 0 radical (unpaired) electrons. The Bertz CT molecular complexity index is 752. The third-order valence-corrected chi connectivity index (χ3v) is 5.06. The highest BCUT2D eigenvalue weighted by Gasteiger charge is 2.32. The predicted octanol–water partition coefficient (Wildman–Crippen LogP) is 2.49. The summed E-state index contributed by atoms with van der Waals surface area (Å²) in [6.45, 7) is 4.90. The molecule has 2 N–H and O–H groups in total. The Labute approximate surface area is 164 Å². The van der Waals surface area contributed by atoms with Crippen LogP contribution in [0.25, 0.3) is 5.69 Å². The number of benzene rings is 1. The van der Waals surface area contributed by atoms with Crippen LogP contribution in [0.3, 0.4) is 0 Å². The Balaban J connectivity index is 0.00000261. The van der Waals surface area contributed by atoms with Crippen LogP contribution in [0.4, 0.5) is 4.39 Å². The summed E-state index contributed by atoms with van der Waals surface area (Å²) in [5.74, 6) is -0.452. The normalized spacial score (nSPS) is 15.8. The molecular weight excluding hydrogens is 371 g/mol. The number of piperidine rings is 1. The molecule has 2 aromatic rings. The summed E-state index contributed by atoms with van der Waals surface area (Å²) in [7, 11) is 1.70. The van der Waals surface area contributed by atoms with Crippen LogP contribution in [0.15, 0.2) is 30.5 Å². The highest BCUT2D eigenvalue weighted by molar-refractivity contribution is 5.95. The number of carbonyl (C=O) groups is 1. The van der Waals surface area contributed by atoms with E-state index in [2.05, 4.69) is 15.7 Å². The van der Waals surface area contributed by atoms with Crippen LogP contribution in [0.5, 0.6) is 0 Å². The van der Waals surface area contributed by atoms with Gasteiger partial charge in [-0.05, 0) is 57.1 Å². The molecule has 0 saturated carbocycles. The molecule has 0 unspecified atom stereocenters. The predicted molar refractivity (Wildman–Crippen MR) is 104 cm³/mol. The minimum atomic E-state index is -0.304. The molecule has 1 amide bonds. The molecular formula is C19H26ClFN4O2. The van der Waals surface area contributed by atoms with Crippen LogP contribution < -0.4 is 10.6 Å². The molecule has 0 spiro atoms. The molecule has 8 heteroatoms. The Hall–Kier alpha value is -1.96. The number of hydrogen-bond donors (Lipinski definition) is 2. The van der Waals surface area contributed by atoms with Gasteiger partial charge in [0.15, 0.2) is 0 Å². The summed E-state index contributed by atoms with van der Waals surface area (Å²) >= 11 is 0. The van der Waals surface area contributed by atoms with Crippen molar-refractivity contribution in [3.8, 4) is 5.69 Å². The summed E-state index contributed by atoms with van der Waals surface area (Å²) in [4.78, 5) is 12.7. The monoisotopic (exact) mass is 396 g/mol. The van der Waals surface area contributed by atoms with E-state index < -0.39 is 0 Å². The van der Waals surface area contributed by atoms with Gasteiger partial charge in [0.05, 0.1) is 29.7 Å². The quantitative estimate of drug-likeness (QED) is 0.787. The van der Waals surface area contributed by atoms with Gasteiger partial charge in [-0.1, -0.05) is 0 Å². The average Bonchev–Trinajstić information content (AvgIpc) is 3.03. The fourth-order valence-electron chi connectivity index (χ4n) is 3.47. The van der Waals surface area contributed by atoms with Gasteiger partial charge in [-0.15, -0.1) is 12.4 Å². The molecule has 2 heterocycles. The summed E-state index contributed by atoms with van der Waals surface area (Å²) in [6.07, 6.45) is 3.49. The van der Waals surface area contributed by atoms with Gasteiger partial charge in [0.2, 0.25) is 0 Å². The van der Waals surface area contributed by atoms with Gasteiger partial charge in [0, 0.05) is 19.1 Å². The topological polar surface area (TPSA) is 68.2 Å². The van der Waals surface area contributed by atoms with Crippen LogP contribution in [-0.4, -0.2) is 49.0 Å². The van der Waals surface area contributed by atoms with Crippen molar-refractivity contribution in [2.24, 2.45) is 5.41 Å². The third kappa shape index (κ3) is 4.86. The van der Waals surface area contributed by atoms with Crippen molar-refractivity contribution < 1.29 is 13.9 Å². The Morgan fingerprint density at radius 1 is 1.33 bits per heavy atom. The maximum atomic E-state index is 13.1. The van der Waals surface area contributed by atoms with E-state index >= 15 is 0 Å². The number of halogens is 2. The van der Waals surface area contributed by atoms with Gasteiger partial charge in [-0.3, -0.25) is 4.79 Å². The van der Waals surface area contributed by atoms with E-state index in [1.54, 1.807) is 30.1 Å². The first-order chi connectivity index (χ1) is 12.5. The van der Waals surface area contributed by atoms with E-state index in [-0.39, 0.29) is 29.5 Å². The lowest BCUT2D eigenvalue weighted by Crippen LogP contribution is -2.47. The SMILES string of the molecule is COCC1(CNC(=O)c2cnn(-c3ccc(F)cc3)c2C)CCNCC1.Cl. The number of nitrogens with one attached hydrogen (secondary N) is 2. The second-order valence-electron chi connectivity index (χ2n) is 6.90. The molecule has 0 aliphatic carbocycles. The highest BCUT2D eigenvalue weighted by Crippen LogP contribution is 2.28. The molecule has 1 saturated heterocycles. The maximum Gasteiger partial charge on any atom is 0.254 e. The molecule has 1 aromatic carbocycles. The third-order valence-electron chi connectivity index (χ3n) is 5.06. The smallest absolute Gasteiger partial charge is 0.254 e. The van der Waals surface area contributed by atoms with Crippen molar-refractivity contribution in [2.75, 3.05) is 33.4 Å². The molecule has 1 fully saturated rings. The van der Waals surface area contributed by atoms with E-state index in [1.807, 2.05) is 6.92 Å². The van der Waals surface area contributed by atoms with Crippen LogP contribution in [0.1, 0.15) is 28.9 Å². The zero-order chi connectivity index (χ0) is 18.6. The van der Waals surface area contributed by atoms with Crippen molar-refractivity contribution in [1.82, 2.24) is 20.4 Å². The molecule has 1 aliphatic rings. The minimum Gasteiger partial charge on any atom is -0.384 e. The van der Waals surface area contributed by atoms with Crippen molar-refractivity contribution in [3.63, 3.8) is 0 Å². The van der Waals surface area contributed by atoms with E-state index in [9.17, 15) is 9.18 Å². The van der Waals surface area contributed by atoms with Gasteiger partial charge < -0.3 is 15.4 Å². The zero-order valence-electron chi connectivity index (χ0n) is 15.6. The number of hydrogen-bond acceptors (Lipinski definition) is 4. The lowest BCUT2D eigenvalue weighted by Gasteiger charge is -2.37. The molecule has 3 rings (SSSR count). The van der Waals surface area contributed by atoms with Crippen LogP contribution in [-0.2, 0) is 4.74 Å². The fourth-order valence-corrected chi connectivity index (χ4v) is 3.47. The van der Waals surface area contributed by atoms with Crippen LogP contribution >= 0.6 is 12.4 Å². The van der Waals surface area contributed by atoms with E-state index in [0.717, 1.165) is 37.3 Å². The summed E-state index contributed by atoms with van der Waals surface area (Å²) < 4.78 is 20.1. The van der Waals surface area contributed by atoms with Gasteiger partial charge in [-0.2, -0.15) is 5.10 Å². The van der Waals surface area contributed by atoms with Gasteiger partial charge in [0.25, 0.3) is 5.91 Å². The second kappa shape index (κ2) is 9.30. The average molecular weight is 397 g/mol. The van der Waals surface area contributed by atoms with Crippen molar-refractivity contribution in [3.05, 3.63) is 47.5 Å². The van der Waals surface area contributed by atoms with Crippen molar-refractivity contribution >= 4 is 18.3 Å². The largest absolute Gasteiger partial charge is 0.384 e. The van der Waals surface area contributed by atoms with Crippen molar-refractivity contribution in [2.45, 2.75) is 19.8 Å². The Morgan fingerprint density at radius 3 is 2.63 bits per heavy atom. The number of amides is 1. The van der Waals surface area contributed by atoms with Gasteiger partial charge in [0.1, 0.15) is 5.82 Å². The first kappa shape index (κ1) is 21.3. The standard InChI is InChI=1S/C19H25FN4O2.ClH/c1-14-17(11-23-24(14)16-5-3-15(20)4-6-16)18(25)22-12-19(13-26-2)7-9-21-10-8-19;/h3-6,11,21H,7-10,12-13H2,1-2H3,(H,22,25);1H. The van der Waals surface area contributed by atoms with Crippen LogP contribution in [0.2, 0.25) is 0 Å². The molecule has 0 atom stereocenters. The molecule has 1 aromatic heterocycles. The molecule has 27 heavy (non-hydrogen) atoms. The lowest BCUT2D eigenvalue weighted by atomic mass is 9.79. The van der Waals surface area contributed by atoms with E-state index in [1.165, 1.54) is 12.1 Å². The van der Waals surface area contributed by atoms with Gasteiger partial charge in [-0.25, -0.2) is 9.07 Å². The number of rotatable bonds is 6. The first-order valence-corrected chi connectivity index (χ1v) is 8.83. The van der Waals surface area contributed by atoms with E-state index in [4.69, 9.17) is 4.74 Å². The number of methoxy groups -OCH3 is 1. The van der Waals surface area contributed by atoms with Crippen molar-refractivity contribution in [1.29, 1.82) is 0 Å². The second-order valence-corrected chi connectivity index (χ2v) is 6.90. The summed E-state index contributed by atoms with van der Waals surface area (Å²) in [5, 5.41) is 10.7. The zero-order valence-corrected chi connectivity index (χ0v) is 16.4. The van der Waals surface area contributed by atoms with Gasteiger partial charge >= 0.3 is 0 Å². The summed E-state index contributed by atoms with van der Waals surface area (Å²) in [6, 6.07) is 6.03. The van der Waals surface area contributed by atoms with E-state index in [0.29, 0.717) is 18.7 Å². The number of carbonyl (C=O) groups excluding carboxylic acids is 1. The molecule has 6 nitrogen and oxygen atoms in total. The maximum absolute atomic E-state index is 13.1. The van der Waals surface area contributed by atoms with Crippen LogP contribution in [0, 0.1) is 18.2 Å². The number of aromatic nitrogens is 2. The lowest BCUT2D eigenvalue weighted by molar-refractivity contribution is 0.0511. The Morgan fingerprint density at radius 2 is 2.00 bits per heavy atom. The minimum absolute atomic E-state index is 0. The highest BCUT2D eigenvalue weighted by atomic mass is 35.5.